The molecule has 0 atom stereocenters. The molecule has 0 spiro atoms. The monoisotopic (exact) mass is 454 g/mol. The lowest BCUT2D eigenvalue weighted by molar-refractivity contribution is -0.139. The third-order valence-electron chi connectivity index (χ3n) is 4.19. The Kier molecular flexibility index (Phi) is 12.8. The first-order chi connectivity index (χ1) is 12.7. The first-order valence-corrected chi connectivity index (χ1v) is 11.9. The standard InChI is InChI=1S/C9H13ClO4S.C9H14O2S.CH4/c1-2-14-9(11)7-5-3-4-6-8(7)15(10,12)13;1-2-11-9(10)7-5-3-4-6-8(7)12;/h2-6H2,1H3;12H,2-6H2,1H3;1H4. The molecule has 6 nitrogen and oxygen atoms in total. The number of hydrogen-bond donors (Lipinski definition) is 1. The molecular weight excluding hydrogens is 424 g/mol. The van der Waals surface area contributed by atoms with Gasteiger partial charge in [-0.25, -0.2) is 18.0 Å². The molecule has 0 aromatic carbocycles. The first kappa shape index (κ1) is 27.0. The molecule has 9 heteroatoms. The Balaban J connectivity index is 0.000000514. The molecular formula is C19H31ClO6S2. The van der Waals surface area contributed by atoms with E-state index in [4.69, 9.17) is 20.2 Å². The van der Waals surface area contributed by atoms with Crippen LogP contribution in [0.5, 0.6) is 0 Å². The maximum Gasteiger partial charge on any atom is 0.335 e. The Bertz CT molecular complexity index is 710. The Morgan fingerprint density at radius 3 is 1.79 bits per heavy atom. The maximum atomic E-state index is 11.5. The second-order valence-corrected chi connectivity index (χ2v) is 9.25. The van der Waals surface area contributed by atoms with E-state index in [1.54, 1.807) is 6.92 Å². The van der Waals surface area contributed by atoms with Gasteiger partial charge in [-0.3, -0.25) is 0 Å². The normalized spacial score (nSPS) is 17.1. The summed E-state index contributed by atoms with van der Waals surface area (Å²) < 4.78 is 32.1. The Morgan fingerprint density at radius 1 is 0.893 bits per heavy atom. The molecule has 0 aromatic rings. The van der Waals surface area contributed by atoms with Crippen LogP contribution in [0.25, 0.3) is 0 Å². The van der Waals surface area contributed by atoms with Gasteiger partial charge in [-0.15, -0.1) is 12.6 Å². The second kappa shape index (κ2) is 13.3. The van der Waals surface area contributed by atoms with Crippen LogP contribution in [-0.4, -0.2) is 33.6 Å². The van der Waals surface area contributed by atoms with Crippen molar-refractivity contribution in [3.8, 4) is 0 Å². The highest BCUT2D eigenvalue weighted by Crippen LogP contribution is 2.31. The van der Waals surface area contributed by atoms with Crippen molar-refractivity contribution in [1.29, 1.82) is 0 Å². The molecule has 2 aliphatic rings. The van der Waals surface area contributed by atoms with Crippen LogP contribution in [0.15, 0.2) is 21.0 Å². The van der Waals surface area contributed by atoms with E-state index < -0.39 is 15.0 Å². The van der Waals surface area contributed by atoms with Gasteiger partial charge in [0.15, 0.2) is 0 Å². The SMILES string of the molecule is C.CCOC(=O)C1=C(S(=O)(=O)Cl)CCCC1.CCOC(=O)C1=C(S)CCCC1. The number of hydrogen-bond acceptors (Lipinski definition) is 7. The molecule has 0 saturated heterocycles. The van der Waals surface area contributed by atoms with Crippen LogP contribution in [0.1, 0.15) is 72.6 Å². The van der Waals surface area contributed by atoms with Gasteiger partial charge in [-0.2, -0.15) is 0 Å². The van der Waals surface area contributed by atoms with Crippen LogP contribution in [0.4, 0.5) is 0 Å². The molecule has 0 aromatic heterocycles. The van der Waals surface area contributed by atoms with Gasteiger partial charge in [0, 0.05) is 16.3 Å². The lowest BCUT2D eigenvalue weighted by atomic mass is 9.99. The fourth-order valence-electron chi connectivity index (χ4n) is 2.91. The van der Waals surface area contributed by atoms with E-state index in [0.29, 0.717) is 19.4 Å². The molecule has 2 rings (SSSR count). The summed E-state index contributed by atoms with van der Waals surface area (Å²) in [7, 11) is 1.47. The van der Waals surface area contributed by atoms with E-state index in [2.05, 4.69) is 12.6 Å². The maximum absolute atomic E-state index is 11.5. The van der Waals surface area contributed by atoms with Gasteiger partial charge < -0.3 is 9.47 Å². The molecule has 0 unspecified atom stereocenters. The molecule has 28 heavy (non-hydrogen) atoms. The number of carbonyl (C=O) groups is 2. The van der Waals surface area contributed by atoms with Crippen molar-refractivity contribution in [3.63, 3.8) is 0 Å². The van der Waals surface area contributed by atoms with Gasteiger partial charge in [-0.1, -0.05) is 7.43 Å². The van der Waals surface area contributed by atoms with Crippen molar-refractivity contribution < 1.29 is 27.5 Å². The van der Waals surface area contributed by atoms with E-state index in [9.17, 15) is 18.0 Å². The molecule has 0 radical (unpaired) electrons. The highest BCUT2D eigenvalue weighted by Gasteiger charge is 2.27. The number of allylic oxidation sites excluding steroid dienone is 2. The molecule has 0 bridgehead atoms. The zero-order valence-corrected chi connectivity index (χ0v) is 18.2. The summed E-state index contributed by atoms with van der Waals surface area (Å²) in [6.07, 6.45) is 6.28. The van der Waals surface area contributed by atoms with E-state index in [0.717, 1.165) is 49.0 Å². The van der Waals surface area contributed by atoms with E-state index in [-0.39, 0.29) is 30.5 Å². The molecule has 0 fully saturated rings. The minimum Gasteiger partial charge on any atom is -0.463 e. The average Bonchev–Trinajstić information content (AvgIpc) is 2.62. The number of thiol groups is 1. The Morgan fingerprint density at radius 2 is 1.32 bits per heavy atom. The van der Waals surface area contributed by atoms with Crippen LogP contribution in [0.2, 0.25) is 0 Å². The average molecular weight is 455 g/mol. The summed E-state index contributed by atoms with van der Waals surface area (Å²) >= 11 is 4.27. The number of rotatable bonds is 5. The van der Waals surface area contributed by atoms with Crippen LogP contribution in [0.3, 0.4) is 0 Å². The van der Waals surface area contributed by atoms with Crippen LogP contribution in [-0.2, 0) is 28.1 Å². The lowest BCUT2D eigenvalue weighted by Crippen LogP contribution is -2.15. The molecule has 0 heterocycles. The molecule has 0 amide bonds. The topological polar surface area (TPSA) is 86.7 Å². The van der Waals surface area contributed by atoms with E-state index >= 15 is 0 Å². The van der Waals surface area contributed by atoms with Gasteiger partial charge >= 0.3 is 11.9 Å². The summed E-state index contributed by atoms with van der Waals surface area (Å²) in [6.45, 7) is 4.18. The van der Waals surface area contributed by atoms with E-state index in [1.807, 2.05) is 6.92 Å². The van der Waals surface area contributed by atoms with Crippen LogP contribution in [0, 0.1) is 0 Å². The summed E-state index contributed by atoms with van der Waals surface area (Å²) in [4.78, 5) is 23.7. The highest BCUT2D eigenvalue weighted by atomic mass is 35.7. The van der Waals surface area contributed by atoms with Crippen molar-refractivity contribution in [2.45, 2.75) is 72.6 Å². The molecule has 2 aliphatic carbocycles. The van der Waals surface area contributed by atoms with Gasteiger partial charge in [-0.05, 0) is 70.1 Å². The van der Waals surface area contributed by atoms with Crippen LogP contribution >= 0.6 is 23.3 Å². The molecule has 0 N–H and O–H groups in total. The predicted octanol–water partition coefficient (Wildman–Crippen LogP) is 4.89. The third kappa shape index (κ3) is 8.57. The van der Waals surface area contributed by atoms with E-state index in [1.165, 1.54) is 0 Å². The fraction of sp³-hybridized carbons (Fsp3) is 0.684. The lowest BCUT2D eigenvalue weighted by Gasteiger charge is -2.16. The fourth-order valence-corrected chi connectivity index (χ4v) is 4.65. The van der Waals surface area contributed by atoms with Gasteiger partial charge in [0.25, 0.3) is 9.05 Å². The van der Waals surface area contributed by atoms with Crippen molar-refractivity contribution >= 4 is 44.3 Å². The van der Waals surface area contributed by atoms with Crippen LogP contribution < -0.4 is 0 Å². The van der Waals surface area contributed by atoms with Gasteiger partial charge in [0.2, 0.25) is 0 Å². The molecule has 0 aliphatic heterocycles. The zero-order chi connectivity index (χ0) is 20.4. The smallest absolute Gasteiger partial charge is 0.335 e. The first-order valence-electron chi connectivity index (χ1n) is 9.14. The quantitative estimate of drug-likeness (QED) is 0.361. The zero-order valence-electron chi connectivity index (χ0n) is 15.8. The number of ether oxygens (including phenoxy) is 2. The predicted molar refractivity (Wildman–Crippen MR) is 115 cm³/mol. The molecule has 0 saturated carbocycles. The number of carbonyl (C=O) groups excluding carboxylic acids is 2. The summed E-state index contributed by atoms with van der Waals surface area (Å²) in [5.74, 6) is -0.737. The third-order valence-corrected chi connectivity index (χ3v) is 6.29. The summed E-state index contributed by atoms with van der Waals surface area (Å²) in [5, 5.41) is 0. The summed E-state index contributed by atoms with van der Waals surface area (Å²) in [5.41, 5.74) is 1.00. The largest absolute Gasteiger partial charge is 0.463 e. The van der Waals surface area contributed by atoms with Crippen molar-refractivity contribution in [2.24, 2.45) is 0 Å². The Labute approximate surface area is 178 Å². The van der Waals surface area contributed by atoms with Gasteiger partial charge in [0.05, 0.1) is 23.7 Å². The minimum absolute atomic E-state index is 0. The summed E-state index contributed by atoms with van der Waals surface area (Å²) in [6, 6.07) is 0. The Hall–Kier alpha value is -0.990. The van der Waals surface area contributed by atoms with Gasteiger partial charge in [0.1, 0.15) is 0 Å². The minimum atomic E-state index is -3.79. The van der Waals surface area contributed by atoms with Crippen molar-refractivity contribution in [2.75, 3.05) is 13.2 Å². The molecule has 162 valence electrons. The van der Waals surface area contributed by atoms with Crippen molar-refractivity contribution in [1.82, 2.24) is 0 Å². The number of halogens is 1. The number of esters is 2. The second-order valence-electron chi connectivity index (χ2n) is 6.12. The highest BCUT2D eigenvalue weighted by molar-refractivity contribution is 8.16. The van der Waals surface area contributed by atoms with Crippen molar-refractivity contribution in [3.05, 3.63) is 21.0 Å².